The van der Waals surface area contributed by atoms with Gasteiger partial charge in [0.2, 0.25) is 5.91 Å². The van der Waals surface area contributed by atoms with Crippen molar-refractivity contribution < 1.29 is 24.2 Å². The summed E-state index contributed by atoms with van der Waals surface area (Å²) in [5.74, 6) is -1.13. The van der Waals surface area contributed by atoms with Crippen molar-refractivity contribution in [2.75, 3.05) is 0 Å². The summed E-state index contributed by atoms with van der Waals surface area (Å²) < 4.78 is 5.84. The maximum Gasteiger partial charge on any atom is 0.335 e. The molecular formula is C20H16N2O5S. The predicted molar refractivity (Wildman–Crippen MR) is 106 cm³/mol. The number of carbonyl (C=O) groups is 3. The van der Waals surface area contributed by atoms with Gasteiger partial charge in [0.05, 0.1) is 10.5 Å². The first kappa shape index (κ1) is 19.4. The number of carbonyl (C=O) groups excluding carboxylic acids is 2. The van der Waals surface area contributed by atoms with Crippen LogP contribution in [0.5, 0.6) is 5.75 Å². The quantitative estimate of drug-likeness (QED) is 0.753. The van der Waals surface area contributed by atoms with Crippen LogP contribution >= 0.6 is 11.8 Å². The second-order valence-electron chi connectivity index (χ2n) is 5.84. The monoisotopic (exact) mass is 396 g/mol. The Morgan fingerprint density at radius 3 is 2.57 bits per heavy atom. The van der Waals surface area contributed by atoms with Gasteiger partial charge in [0.25, 0.3) is 5.91 Å². The first-order valence-electron chi connectivity index (χ1n) is 8.26. The van der Waals surface area contributed by atoms with Gasteiger partial charge in [-0.25, -0.2) is 4.79 Å². The van der Waals surface area contributed by atoms with E-state index in [-0.39, 0.29) is 23.2 Å². The van der Waals surface area contributed by atoms with Crippen LogP contribution in [-0.2, 0) is 16.2 Å². The van der Waals surface area contributed by atoms with Gasteiger partial charge in [-0.2, -0.15) is 4.99 Å². The molecule has 7 nitrogen and oxygen atoms in total. The number of thioether (sulfide) groups is 1. The lowest BCUT2D eigenvalue weighted by Crippen LogP contribution is -2.23. The Morgan fingerprint density at radius 1 is 1.18 bits per heavy atom. The molecule has 0 saturated heterocycles. The van der Waals surface area contributed by atoms with Crippen LogP contribution in [0.25, 0.3) is 6.08 Å². The Balaban J connectivity index is 1.72. The van der Waals surface area contributed by atoms with E-state index in [4.69, 9.17) is 9.84 Å². The van der Waals surface area contributed by atoms with Gasteiger partial charge >= 0.3 is 5.97 Å². The van der Waals surface area contributed by atoms with Crippen molar-refractivity contribution in [1.29, 1.82) is 0 Å². The Morgan fingerprint density at radius 2 is 1.89 bits per heavy atom. The molecule has 0 atom stereocenters. The Kier molecular flexibility index (Phi) is 5.90. The van der Waals surface area contributed by atoms with E-state index in [1.165, 1.54) is 19.1 Å². The molecule has 0 radical (unpaired) electrons. The Bertz CT molecular complexity index is 996. The van der Waals surface area contributed by atoms with Gasteiger partial charge in [-0.3, -0.25) is 9.59 Å². The molecule has 28 heavy (non-hydrogen) atoms. The molecule has 2 amide bonds. The second kappa shape index (κ2) is 8.53. The van der Waals surface area contributed by atoms with Crippen LogP contribution in [0.4, 0.5) is 0 Å². The second-order valence-corrected chi connectivity index (χ2v) is 6.87. The third kappa shape index (κ3) is 4.86. The summed E-state index contributed by atoms with van der Waals surface area (Å²) in [6.45, 7) is 1.59. The minimum atomic E-state index is -0.982. The normalized spacial score (nSPS) is 14.7. The fourth-order valence-electron chi connectivity index (χ4n) is 2.39. The Labute approximate surface area is 165 Å². The summed E-state index contributed by atoms with van der Waals surface area (Å²) in [4.78, 5) is 38.2. The largest absolute Gasteiger partial charge is 0.488 e. The van der Waals surface area contributed by atoms with Crippen molar-refractivity contribution in [3.05, 3.63) is 70.1 Å². The number of rotatable bonds is 5. The number of aliphatic imine (C=N–C) groups is 1. The predicted octanol–water partition coefficient (Wildman–Crippen LogP) is 3.07. The molecule has 0 spiro atoms. The van der Waals surface area contributed by atoms with Crippen LogP contribution in [0.15, 0.2) is 58.4 Å². The highest BCUT2D eigenvalue weighted by Crippen LogP contribution is 2.30. The van der Waals surface area contributed by atoms with Gasteiger partial charge in [0, 0.05) is 12.5 Å². The van der Waals surface area contributed by atoms with Gasteiger partial charge in [-0.05, 0) is 41.6 Å². The average Bonchev–Trinajstić information content (AvgIpc) is 2.99. The van der Waals surface area contributed by atoms with E-state index in [0.29, 0.717) is 16.2 Å². The summed E-state index contributed by atoms with van der Waals surface area (Å²) in [6, 6.07) is 13.6. The summed E-state index contributed by atoms with van der Waals surface area (Å²) in [6.07, 6.45) is 1.66. The van der Waals surface area contributed by atoms with Crippen molar-refractivity contribution in [1.82, 2.24) is 5.32 Å². The maximum atomic E-state index is 12.0. The van der Waals surface area contributed by atoms with Crippen molar-refractivity contribution in [3.8, 4) is 5.75 Å². The van der Waals surface area contributed by atoms with Crippen LogP contribution in [0.2, 0.25) is 0 Å². The highest BCUT2D eigenvalue weighted by molar-refractivity contribution is 8.18. The van der Waals surface area contributed by atoms with Gasteiger partial charge in [0.1, 0.15) is 12.4 Å². The molecule has 0 aromatic heterocycles. The zero-order valence-electron chi connectivity index (χ0n) is 14.8. The number of amides is 2. The van der Waals surface area contributed by atoms with E-state index >= 15 is 0 Å². The number of carboxylic acids is 1. The smallest absolute Gasteiger partial charge is 0.335 e. The molecule has 0 unspecified atom stereocenters. The van der Waals surface area contributed by atoms with E-state index < -0.39 is 11.9 Å². The number of amidine groups is 1. The number of hydrogen-bond acceptors (Lipinski definition) is 5. The van der Waals surface area contributed by atoms with E-state index in [1.54, 1.807) is 30.3 Å². The lowest BCUT2D eigenvalue weighted by molar-refractivity contribution is -0.117. The average molecular weight is 396 g/mol. The van der Waals surface area contributed by atoms with E-state index in [0.717, 1.165) is 17.3 Å². The highest BCUT2D eigenvalue weighted by Gasteiger charge is 2.23. The molecule has 2 aromatic carbocycles. The van der Waals surface area contributed by atoms with Gasteiger partial charge in [-0.15, -0.1) is 0 Å². The fourth-order valence-corrected chi connectivity index (χ4v) is 3.24. The van der Waals surface area contributed by atoms with E-state index in [9.17, 15) is 14.4 Å². The topological polar surface area (TPSA) is 105 Å². The number of aromatic carboxylic acids is 1. The lowest BCUT2D eigenvalue weighted by atomic mass is 10.1. The number of nitrogens with one attached hydrogen (secondary N) is 1. The highest BCUT2D eigenvalue weighted by atomic mass is 32.2. The molecule has 8 heteroatoms. The van der Waals surface area contributed by atoms with Crippen LogP contribution < -0.4 is 10.1 Å². The van der Waals surface area contributed by atoms with Crippen LogP contribution in [0.3, 0.4) is 0 Å². The molecule has 1 heterocycles. The zero-order valence-corrected chi connectivity index (χ0v) is 15.7. The Hall–Kier alpha value is -3.39. The van der Waals surface area contributed by atoms with Gasteiger partial charge < -0.3 is 15.2 Å². The van der Waals surface area contributed by atoms with Gasteiger partial charge in [-0.1, -0.05) is 30.3 Å². The number of benzene rings is 2. The number of nitrogens with zero attached hydrogens (tertiary/aromatic N) is 1. The SMILES string of the molecule is CC(=O)NC1=NC(=O)/C(=C\c2ccccc2OCc2ccc(C(=O)O)cc2)S1. The van der Waals surface area contributed by atoms with Crippen molar-refractivity contribution >= 4 is 40.8 Å². The molecular weight excluding hydrogens is 380 g/mol. The summed E-state index contributed by atoms with van der Waals surface area (Å²) in [5.41, 5.74) is 1.72. The van der Waals surface area contributed by atoms with Crippen molar-refractivity contribution in [3.63, 3.8) is 0 Å². The first-order chi connectivity index (χ1) is 13.4. The molecule has 1 aliphatic rings. The maximum absolute atomic E-state index is 12.0. The lowest BCUT2D eigenvalue weighted by Gasteiger charge is -2.10. The molecule has 142 valence electrons. The summed E-state index contributed by atoms with van der Waals surface area (Å²) in [7, 11) is 0. The van der Waals surface area contributed by atoms with Crippen LogP contribution in [-0.4, -0.2) is 28.1 Å². The third-order valence-corrected chi connectivity index (χ3v) is 4.60. The molecule has 2 N–H and O–H groups in total. The fraction of sp³-hybridized carbons (Fsp3) is 0.100. The molecule has 0 aliphatic carbocycles. The summed E-state index contributed by atoms with van der Waals surface area (Å²) >= 11 is 1.09. The standard InChI is InChI=1S/C20H16N2O5S/c1-12(23)21-20-22-18(24)17(28-20)10-15-4-2-3-5-16(15)27-11-13-6-8-14(9-7-13)19(25)26/h2-10H,11H2,1H3,(H,25,26)(H,21,22,23,24)/b17-10+. The molecule has 0 saturated carbocycles. The minimum absolute atomic E-state index is 0.209. The number of para-hydroxylation sites is 1. The van der Waals surface area contributed by atoms with E-state index in [2.05, 4.69) is 10.3 Å². The van der Waals surface area contributed by atoms with E-state index in [1.807, 2.05) is 12.1 Å². The molecule has 1 aliphatic heterocycles. The third-order valence-electron chi connectivity index (χ3n) is 3.70. The van der Waals surface area contributed by atoms with Crippen LogP contribution in [0, 0.1) is 0 Å². The van der Waals surface area contributed by atoms with Gasteiger partial charge in [0.15, 0.2) is 5.17 Å². The molecule has 0 bridgehead atoms. The number of hydrogen-bond donors (Lipinski definition) is 2. The van der Waals surface area contributed by atoms with Crippen molar-refractivity contribution in [2.45, 2.75) is 13.5 Å². The zero-order chi connectivity index (χ0) is 20.1. The molecule has 2 aromatic rings. The minimum Gasteiger partial charge on any atom is -0.488 e. The van der Waals surface area contributed by atoms with Crippen LogP contribution in [0.1, 0.15) is 28.4 Å². The van der Waals surface area contributed by atoms with Crippen molar-refractivity contribution in [2.24, 2.45) is 4.99 Å². The summed E-state index contributed by atoms with van der Waals surface area (Å²) in [5, 5.41) is 11.7. The number of ether oxygens (including phenoxy) is 1. The molecule has 0 fully saturated rings. The number of carboxylic acid groups (broad SMARTS) is 1. The first-order valence-corrected chi connectivity index (χ1v) is 9.08. The molecule has 3 rings (SSSR count).